The van der Waals surface area contributed by atoms with Crippen LogP contribution in [0.5, 0.6) is 11.5 Å². The van der Waals surface area contributed by atoms with E-state index in [0.29, 0.717) is 46.0 Å². The number of fused-ring (bicyclic) bond motifs is 1. The van der Waals surface area contributed by atoms with Gasteiger partial charge in [0.25, 0.3) is 0 Å². The van der Waals surface area contributed by atoms with Gasteiger partial charge < -0.3 is 24.8 Å². The number of amides is 1. The van der Waals surface area contributed by atoms with E-state index < -0.39 is 0 Å². The minimum absolute atomic E-state index is 0.0837. The Bertz CT molecular complexity index is 1230. The fraction of sp³-hybridized carbons (Fsp3) is 0.292. The Morgan fingerprint density at radius 2 is 1.97 bits per heavy atom. The number of rotatable bonds is 7. The van der Waals surface area contributed by atoms with Gasteiger partial charge in [0.1, 0.15) is 11.5 Å². The number of ether oxygens (including phenoxy) is 2. The Balaban J connectivity index is 1.62. The lowest BCUT2D eigenvalue weighted by molar-refractivity contribution is -0.127. The van der Waals surface area contributed by atoms with Crippen molar-refractivity contribution in [1.82, 2.24) is 14.9 Å². The first kappa shape index (κ1) is 24.1. The van der Waals surface area contributed by atoms with Gasteiger partial charge in [-0.1, -0.05) is 35.8 Å². The topological polar surface area (TPSA) is 96.8 Å². The first-order valence-electron chi connectivity index (χ1n) is 10.6. The number of nitrogens with one attached hydrogen (secondary N) is 1. The van der Waals surface area contributed by atoms with Crippen molar-refractivity contribution in [3.8, 4) is 22.6 Å². The molecule has 3 aromatic rings. The summed E-state index contributed by atoms with van der Waals surface area (Å²) in [4.78, 5) is 22.7. The maximum absolute atomic E-state index is 12.0. The Labute approximate surface area is 207 Å². The van der Waals surface area contributed by atoms with Crippen molar-refractivity contribution in [2.24, 2.45) is 0 Å². The summed E-state index contributed by atoms with van der Waals surface area (Å²) >= 11 is 13.1. The molecule has 34 heavy (non-hydrogen) atoms. The maximum atomic E-state index is 12.0. The average Bonchev–Trinajstić information content (AvgIpc) is 3.26. The molecule has 0 spiro atoms. The second kappa shape index (κ2) is 10.0. The van der Waals surface area contributed by atoms with E-state index in [1.165, 1.54) is 20.3 Å². The fourth-order valence-electron chi connectivity index (χ4n) is 4.16. The lowest BCUT2D eigenvalue weighted by atomic mass is 10.0. The number of carbonyl (C=O) groups is 1. The van der Waals surface area contributed by atoms with Gasteiger partial charge in [-0.15, -0.1) is 0 Å². The molecule has 1 amide bonds. The van der Waals surface area contributed by atoms with Gasteiger partial charge in [0.2, 0.25) is 11.9 Å². The third kappa shape index (κ3) is 4.49. The molecule has 8 nitrogen and oxygen atoms in total. The second-order valence-electron chi connectivity index (χ2n) is 7.86. The molecule has 2 N–H and O–H groups in total. The molecule has 178 valence electrons. The van der Waals surface area contributed by atoms with Gasteiger partial charge in [0.15, 0.2) is 0 Å². The number of aromatic nitrogens is 2. The van der Waals surface area contributed by atoms with Crippen molar-refractivity contribution < 1.29 is 19.4 Å². The molecule has 1 fully saturated rings. The van der Waals surface area contributed by atoms with E-state index in [1.807, 2.05) is 18.2 Å². The molecule has 2 heterocycles. The Morgan fingerprint density at radius 1 is 1.26 bits per heavy atom. The zero-order valence-electron chi connectivity index (χ0n) is 18.7. The maximum Gasteiger partial charge on any atom is 0.246 e. The molecule has 1 saturated heterocycles. The summed E-state index contributed by atoms with van der Waals surface area (Å²) in [7, 11) is 3.06. The van der Waals surface area contributed by atoms with E-state index in [0.717, 1.165) is 16.5 Å². The van der Waals surface area contributed by atoms with Crippen LogP contribution >= 0.6 is 23.2 Å². The lowest BCUT2D eigenvalue weighted by Gasteiger charge is -2.20. The van der Waals surface area contributed by atoms with E-state index in [2.05, 4.69) is 21.9 Å². The number of benzene rings is 2. The molecule has 0 unspecified atom stereocenters. The van der Waals surface area contributed by atoms with Crippen LogP contribution in [0, 0.1) is 0 Å². The summed E-state index contributed by atoms with van der Waals surface area (Å²) < 4.78 is 10.7. The predicted molar refractivity (Wildman–Crippen MR) is 133 cm³/mol. The van der Waals surface area contributed by atoms with Gasteiger partial charge in [0, 0.05) is 35.8 Å². The zero-order valence-corrected chi connectivity index (χ0v) is 20.2. The zero-order chi connectivity index (χ0) is 24.4. The van der Waals surface area contributed by atoms with Crippen LogP contribution in [-0.4, -0.2) is 65.3 Å². The first-order chi connectivity index (χ1) is 16.4. The Hall–Kier alpha value is -3.07. The average molecular weight is 503 g/mol. The molecule has 0 aliphatic carbocycles. The van der Waals surface area contributed by atoms with Crippen molar-refractivity contribution in [3.05, 3.63) is 53.2 Å². The van der Waals surface area contributed by atoms with Crippen molar-refractivity contribution >= 4 is 46.0 Å². The Kier molecular flexibility index (Phi) is 7.11. The summed E-state index contributed by atoms with van der Waals surface area (Å²) in [5.41, 5.74) is 2.08. The van der Waals surface area contributed by atoms with Gasteiger partial charge in [-0.2, -0.15) is 0 Å². The highest BCUT2D eigenvalue weighted by atomic mass is 35.5. The minimum Gasteiger partial charge on any atom is -0.495 e. The third-order valence-corrected chi connectivity index (χ3v) is 6.61. The van der Waals surface area contributed by atoms with E-state index in [1.54, 1.807) is 17.2 Å². The van der Waals surface area contributed by atoms with Gasteiger partial charge >= 0.3 is 0 Å². The minimum atomic E-state index is -0.264. The highest BCUT2D eigenvalue weighted by Crippen LogP contribution is 2.46. The van der Waals surface area contributed by atoms with Crippen LogP contribution in [0.1, 0.15) is 6.42 Å². The quantitative estimate of drug-likeness (QED) is 0.467. The van der Waals surface area contributed by atoms with Crippen molar-refractivity contribution in [2.75, 3.05) is 32.7 Å². The van der Waals surface area contributed by atoms with Crippen molar-refractivity contribution in [1.29, 1.82) is 0 Å². The first-order valence-corrected chi connectivity index (χ1v) is 11.3. The number of aliphatic hydroxyl groups is 1. The number of methoxy groups -OCH3 is 2. The van der Waals surface area contributed by atoms with Crippen LogP contribution in [0.3, 0.4) is 0 Å². The fourth-order valence-corrected chi connectivity index (χ4v) is 4.88. The van der Waals surface area contributed by atoms with Crippen LogP contribution in [-0.2, 0) is 4.79 Å². The SMILES string of the molecule is C=CC(=O)N1C[C@@H](Nc2ncc3cc(-c4c(Cl)c(OC)cc(OC)c4Cl)ccc3n2)C[C@H]1CO. The summed E-state index contributed by atoms with van der Waals surface area (Å²) in [5, 5.41) is 14.4. The highest BCUT2D eigenvalue weighted by Gasteiger charge is 2.34. The molecule has 2 atom stereocenters. The monoisotopic (exact) mass is 502 g/mol. The number of halogens is 2. The summed E-state index contributed by atoms with van der Waals surface area (Å²) in [5.74, 6) is 1.14. The van der Waals surface area contributed by atoms with Crippen LogP contribution in [0.4, 0.5) is 5.95 Å². The molecule has 1 aliphatic rings. The summed E-state index contributed by atoms with van der Waals surface area (Å²) in [6, 6.07) is 6.92. The molecular formula is C24H24Cl2N4O4. The van der Waals surface area contributed by atoms with Crippen LogP contribution in [0.25, 0.3) is 22.0 Å². The largest absolute Gasteiger partial charge is 0.495 e. The van der Waals surface area contributed by atoms with Crippen molar-refractivity contribution in [3.63, 3.8) is 0 Å². The standard InChI is InChI=1S/C24H24Cl2N4O4/c1-4-20(32)30-11-15(8-16(30)12-31)28-24-27-10-14-7-13(5-6-17(14)29-24)21-22(25)18(33-2)9-19(34-3)23(21)26/h4-7,9-10,15-16,31H,1,8,11-12H2,2-3H3,(H,27,28,29)/t15-,16-/m0/s1. The Morgan fingerprint density at radius 3 is 2.59 bits per heavy atom. The number of nitrogens with zero attached hydrogens (tertiary/aromatic N) is 3. The summed E-state index contributed by atoms with van der Waals surface area (Å²) in [6.07, 6.45) is 3.55. The van der Waals surface area contributed by atoms with E-state index in [9.17, 15) is 9.90 Å². The highest BCUT2D eigenvalue weighted by molar-refractivity contribution is 6.41. The molecule has 2 aromatic carbocycles. The van der Waals surface area contributed by atoms with E-state index in [-0.39, 0.29) is 24.6 Å². The van der Waals surface area contributed by atoms with Crippen LogP contribution in [0.2, 0.25) is 10.0 Å². The molecule has 0 bridgehead atoms. The third-order valence-electron chi connectivity index (χ3n) is 5.86. The number of hydrogen-bond donors (Lipinski definition) is 2. The summed E-state index contributed by atoms with van der Waals surface area (Å²) in [6.45, 7) is 3.85. The molecule has 1 aromatic heterocycles. The smallest absolute Gasteiger partial charge is 0.246 e. The van der Waals surface area contributed by atoms with E-state index in [4.69, 9.17) is 32.7 Å². The lowest BCUT2D eigenvalue weighted by Crippen LogP contribution is -2.37. The normalized spacial score (nSPS) is 17.6. The van der Waals surface area contributed by atoms with Crippen LogP contribution in [0.15, 0.2) is 43.1 Å². The van der Waals surface area contributed by atoms with E-state index >= 15 is 0 Å². The molecule has 0 radical (unpaired) electrons. The van der Waals surface area contributed by atoms with Gasteiger partial charge in [-0.25, -0.2) is 9.97 Å². The van der Waals surface area contributed by atoms with Gasteiger partial charge in [-0.05, 0) is 30.2 Å². The molecule has 1 aliphatic heterocycles. The second-order valence-corrected chi connectivity index (χ2v) is 8.62. The predicted octanol–water partition coefficient (Wildman–Crippen LogP) is 4.18. The molecule has 10 heteroatoms. The van der Waals surface area contributed by atoms with Gasteiger partial charge in [-0.3, -0.25) is 4.79 Å². The number of carbonyl (C=O) groups excluding carboxylic acids is 1. The van der Waals surface area contributed by atoms with Gasteiger partial charge in [0.05, 0.1) is 42.4 Å². The number of aliphatic hydroxyl groups excluding tert-OH is 1. The number of anilines is 1. The van der Waals surface area contributed by atoms with Crippen LogP contribution < -0.4 is 14.8 Å². The molecule has 0 saturated carbocycles. The van der Waals surface area contributed by atoms with Crippen molar-refractivity contribution in [2.45, 2.75) is 18.5 Å². The molecule has 4 rings (SSSR count). The number of likely N-dealkylation sites (tertiary alicyclic amines) is 1. The number of hydrogen-bond acceptors (Lipinski definition) is 7. The molecular weight excluding hydrogens is 479 g/mol.